The lowest BCUT2D eigenvalue weighted by molar-refractivity contribution is 0.0925. The molecular formula is C17H20FN5O. The van der Waals surface area contributed by atoms with Crippen LogP contribution in [0.25, 0.3) is 0 Å². The third-order valence-electron chi connectivity index (χ3n) is 4.92. The number of nitrogens with zero attached hydrogens (tertiary/aromatic N) is 3. The summed E-state index contributed by atoms with van der Waals surface area (Å²) in [6, 6.07) is 6.88. The highest BCUT2D eigenvalue weighted by Gasteiger charge is 2.47. The normalized spacial score (nSPS) is 19.9. The van der Waals surface area contributed by atoms with Crippen LogP contribution in [0.15, 0.2) is 30.5 Å². The number of amides is 1. The van der Waals surface area contributed by atoms with Crippen molar-refractivity contribution in [3.8, 4) is 0 Å². The number of aromatic nitrogens is 3. The quantitative estimate of drug-likeness (QED) is 0.897. The van der Waals surface area contributed by atoms with E-state index >= 15 is 0 Å². The number of piperidine rings is 1. The molecule has 0 bridgehead atoms. The number of halogens is 1. The highest BCUT2D eigenvalue weighted by atomic mass is 19.1. The van der Waals surface area contributed by atoms with Gasteiger partial charge in [-0.25, -0.2) is 9.07 Å². The van der Waals surface area contributed by atoms with Crippen LogP contribution < -0.4 is 10.6 Å². The molecule has 1 amide bonds. The first-order valence-electron chi connectivity index (χ1n) is 8.38. The maximum absolute atomic E-state index is 14.0. The molecule has 1 saturated carbocycles. The molecule has 126 valence electrons. The Balaban J connectivity index is 1.49. The Morgan fingerprint density at radius 1 is 1.29 bits per heavy atom. The number of rotatable bonds is 4. The second-order valence-electron chi connectivity index (χ2n) is 6.58. The van der Waals surface area contributed by atoms with E-state index in [1.165, 1.54) is 6.07 Å². The second-order valence-corrected chi connectivity index (χ2v) is 6.58. The third kappa shape index (κ3) is 2.80. The first-order chi connectivity index (χ1) is 11.7. The first kappa shape index (κ1) is 15.3. The molecule has 1 aromatic carbocycles. The summed E-state index contributed by atoms with van der Waals surface area (Å²) in [5.41, 5.74) is 0.237. The summed E-state index contributed by atoms with van der Waals surface area (Å²) >= 11 is 0. The van der Waals surface area contributed by atoms with Crippen molar-refractivity contribution in [3.63, 3.8) is 0 Å². The zero-order valence-corrected chi connectivity index (χ0v) is 13.3. The minimum Gasteiger partial charge on any atom is -0.341 e. The SMILES string of the molecule is O=C(NC1(c2ccccc2F)CC1)c1cn(C2CCNCC2)nn1. The Hall–Kier alpha value is -2.28. The van der Waals surface area contributed by atoms with Gasteiger partial charge in [-0.3, -0.25) is 4.79 Å². The van der Waals surface area contributed by atoms with Gasteiger partial charge in [0.05, 0.1) is 17.8 Å². The van der Waals surface area contributed by atoms with Crippen molar-refractivity contribution in [3.05, 3.63) is 47.5 Å². The number of carbonyl (C=O) groups is 1. The number of hydrogen-bond acceptors (Lipinski definition) is 4. The number of nitrogens with one attached hydrogen (secondary N) is 2. The van der Waals surface area contributed by atoms with Crippen molar-refractivity contribution in [2.24, 2.45) is 0 Å². The summed E-state index contributed by atoms with van der Waals surface area (Å²) in [7, 11) is 0. The van der Waals surface area contributed by atoms with Crippen LogP contribution in [0.1, 0.15) is 47.8 Å². The van der Waals surface area contributed by atoms with Gasteiger partial charge in [-0.15, -0.1) is 5.10 Å². The molecule has 2 heterocycles. The molecule has 1 aliphatic carbocycles. The summed E-state index contributed by atoms with van der Waals surface area (Å²) in [5, 5.41) is 14.4. The Bertz CT molecular complexity index is 749. The average Bonchev–Trinajstić information content (AvgIpc) is 3.21. The van der Waals surface area contributed by atoms with Crippen molar-refractivity contribution in [2.45, 2.75) is 37.3 Å². The zero-order chi connectivity index (χ0) is 16.6. The summed E-state index contributed by atoms with van der Waals surface area (Å²) in [6.45, 7) is 1.89. The largest absolute Gasteiger partial charge is 0.341 e. The average molecular weight is 329 g/mol. The Kier molecular flexibility index (Phi) is 3.80. The summed E-state index contributed by atoms with van der Waals surface area (Å²) in [4.78, 5) is 12.5. The molecule has 1 aliphatic heterocycles. The lowest BCUT2D eigenvalue weighted by Crippen LogP contribution is -2.35. The highest BCUT2D eigenvalue weighted by molar-refractivity contribution is 5.92. The van der Waals surface area contributed by atoms with E-state index in [1.54, 1.807) is 29.1 Å². The van der Waals surface area contributed by atoms with Crippen LogP contribution in [0, 0.1) is 5.82 Å². The molecule has 0 atom stereocenters. The molecule has 1 saturated heterocycles. The summed E-state index contributed by atoms with van der Waals surface area (Å²) < 4.78 is 15.8. The number of hydrogen-bond donors (Lipinski definition) is 2. The summed E-state index contributed by atoms with van der Waals surface area (Å²) in [5.74, 6) is -0.579. The van der Waals surface area contributed by atoms with Gasteiger partial charge in [-0.05, 0) is 44.8 Å². The van der Waals surface area contributed by atoms with Crippen LogP contribution in [0.5, 0.6) is 0 Å². The van der Waals surface area contributed by atoms with Crippen molar-refractivity contribution in [1.82, 2.24) is 25.6 Å². The van der Waals surface area contributed by atoms with Gasteiger partial charge in [0, 0.05) is 5.56 Å². The van der Waals surface area contributed by atoms with Crippen LogP contribution in [-0.4, -0.2) is 34.0 Å². The van der Waals surface area contributed by atoms with E-state index in [-0.39, 0.29) is 23.5 Å². The van der Waals surface area contributed by atoms with Crippen molar-refractivity contribution < 1.29 is 9.18 Å². The lowest BCUT2D eigenvalue weighted by atomic mass is 10.0. The fourth-order valence-corrected chi connectivity index (χ4v) is 3.35. The predicted molar refractivity (Wildman–Crippen MR) is 85.9 cm³/mol. The minimum absolute atomic E-state index is 0.279. The van der Waals surface area contributed by atoms with E-state index in [0.717, 1.165) is 38.8 Å². The maximum atomic E-state index is 14.0. The molecule has 2 aromatic rings. The molecule has 1 aromatic heterocycles. The highest BCUT2D eigenvalue weighted by Crippen LogP contribution is 2.46. The van der Waals surface area contributed by atoms with Gasteiger partial charge < -0.3 is 10.6 Å². The molecule has 0 unspecified atom stereocenters. The third-order valence-corrected chi connectivity index (χ3v) is 4.92. The van der Waals surface area contributed by atoms with Gasteiger partial charge in [0.2, 0.25) is 0 Å². The van der Waals surface area contributed by atoms with E-state index in [2.05, 4.69) is 20.9 Å². The minimum atomic E-state index is -0.596. The molecule has 0 radical (unpaired) electrons. The molecule has 6 nitrogen and oxygen atoms in total. The van der Waals surface area contributed by atoms with Crippen LogP contribution >= 0.6 is 0 Å². The Morgan fingerprint density at radius 2 is 2.04 bits per heavy atom. The van der Waals surface area contributed by atoms with Crippen molar-refractivity contribution >= 4 is 5.91 Å². The number of benzene rings is 1. The van der Waals surface area contributed by atoms with Crippen LogP contribution in [0.3, 0.4) is 0 Å². The molecule has 7 heteroatoms. The van der Waals surface area contributed by atoms with E-state index < -0.39 is 5.54 Å². The van der Waals surface area contributed by atoms with Gasteiger partial charge in [0.1, 0.15) is 5.82 Å². The van der Waals surface area contributed by atoms with Gasteiger partial charge in [0.15, 0.2) is 5.69 Å². The smallest absolute Gasteiger partial charge is 0.274 e. The van der Waals surface area contributed by atoms with E-state index in [0.29, 0.717) is 5.56 Å². The van der Waals surface area contributed by atoms with Gasteiger partial charge >= 0.3 is 0 Å². The van der Waals surface area contributed by atoms with Crippen molar-refractivity contribution in [1.29, 1.82) is 0 Å². The Morgan fingerprint density at radius 3 is 2.75 bits per heavy atom. The fourth-order valence-electron chi connectivity index (χ4n) is 3.35. The van der Waals surface area contributed by atoms with Crippen LogP contribution in [0.4, 0.5) is 4.39 Å². The predicted octanol–water partition coefficient (Wildman–Crippen LogP) is 1.76. The van der Waals surface area contributed by atoms with Crippen LogP contribution in [-0.2, 0) is 5.54 Å². The fraction of sp³-hybridized carbons (Fsp3) is 0.471. The Labute approximate surface area is 139 Å². The topological polar surface area (TPSA) is 71.8 Å². The van der Waals surface area contributed by atoms with E-state index in [1.807, 2.05) is 0 Å². The maximum Gasteiger partial charge on any atom is 0.274 e. The van der Waals surface area contributed by atoms with Gasteiger partial charge in [-0.2, -0.15) is 0 Å². The molecule has 24 heavy (non-hydrogen) atoms. The molecule has 2 fully saturated rings. The molecule has 4 rings (SSSR count). The summed E-state index contributed by atoms with van der Waals surface area (Å²) in [6.07, 6.45) is 5.13. The number of carbonyl (C=O) groups excluding carboxylic acids is 1. The first-order valence-corrected chi connectivity index (χ1v) is 8.38. The molecular weight excluding hydrogens is 309 g/mol. The standard InChI is InChI=1S/C17H20FN5O/c18-14-4-2-1-3-13(14)17(7-8-17)20-16(24)15-11-23(22-21-15)12-5-9-19-10-6-12/h1-4,11-12,19H,5-10H2,(H,20,24). The zero-order valence-electron chi connectivity index (χ0n) is 13.3. The second kappa shape index (κ2) is 5.98. The molecule has 0 spiro atoms. The van der Waals surface area contributed by atoms with Crippen LogP contribution in [0.2, 0.25) is 0 Å². The van der Waals surface area contributed by atoms with E-state index in [4.69, 9.17) is 0 Å². The monoisotopic (exact) mass is 329 g/mol. The van der Waals surface area contributed by atoms with Gasteiger partial charge in [0.25, 0.3) is 5.91 Å². The van der Waals surface area contributed by atoms with Crippen molar-refractivity contribution in [2.75, 3.05) is 13.1 Å². The van der Waals surface area contributed by atoms with E-state index in [9.17, 15) is 9.18 Å². The van der Waals surface area contributed by atoms with Gasteiger partial charge in [-0.1, -0.05) is 23.4 Å². The molecule has 2 aliphatic rings. The molecule has 2 N–H and O–H groups in total. The lowest BCUT2D eigenvalue weighted by Gasteiger charge is -2.22.